The SMILES string of the molecule is C/C=C(/N=C=S)C(=O)OC1C(COC(C)=O)O[C@H]([C@@]2(O)CC(=O)C(=N)C(C(=O)O)=C2O)C(O)C1OC1CC(OC)C(O)(C(C)=O)C(C)O1. The average Bonchev–Trinajstić information content (AvgIpc) is 3.01. The number of aliphatic hydroxyl groups excluding tert-OH is 2. The summed E-state index contributed by atoms with van der Waals surface area (Å²) in [5.41, 5.74) is -7.89. The number of aliphatic imine (C=N–C) groups is 1. The number of carbonyl (C=O) groups is 5. The Morgan fingerprint density at radius 1 is 1.19 bits per heavy atom. The number of hydrogen-bond donors (Lipinski definition) is 6. The molecule has 10 atom stereocenters. The second-order valence-electron chi connectivity index (χ2n) is 11.2. The molecule has 2 fully saturated rings. The topological polar surface area (TPSA) is 278 Å². The fourth-order valence-electron chi connectivity index (χ4n) is 5.80. The van der Waals surface area contributed by atoms with Crippen molar-refractivity contribution in [2.24, 2.45) is 4.99 Å². The molecule has 18 nitrogen and oxygen atoms in total. The number of rotatable bonds is 11. The average molecular weight is 701 g/mol. The maximum atomic E-state index is 13.1. The van der Waals surface area contributed by atoms with Crippen molar-refractivity contribution in [3.8, 4) is 0 Å². The molecule has 8 unspecified atom stereocenters. The molecule has 2 aliphatic heterocycles. The number of nitrogens with zero attached hydrogens (tertiary/aromatic N) is 1. The summed E-state index contributed by atoms with van der Waals surface area (Å²) in [6.45, 7) is 4.16. The van der Waals surface area contributed by atoms with Crippen LogP contribution in [0.3, 0.4) is 0 Å². The number of aliphatic hydroxyl groups is 4. The van der Waals surface area contributed by atoms with Crippen molar-refractivity contribution in [3.05, 3.63) is 23.1 Å². The summed E-state index contributed by atoms with van der Waals surface area (Å²) in [6.07, 6.45) is -13.9. The third-order valence-electron chi connectivity index (χ3n) is 8.32. The third-order valence-corrected chi connectivity index (χ3v) is 8.41. The Kier molecular flexibility index (Phi) is 12.2. The number of carbonyl (C=O) groups excluding carboxylic acids is 4. The minimum Gasteiger partial charge on any atom is -0.508 e. The van der Waals surface area contributed by atoms with Gasteiger partial charge in [-0.1, -0.05) is 6.08 Å². The first-order valence-electron chi connectivity index (χ1n) is 14.4. The predicted molar refractivity (Wildman–Crippen MR) is 160 cm³/mol. The zero-order valence-electron chi connectivity index (χ0n) is 26.4. The molecule has 19 heteroatoms. The van der Waals surface area contributed by atoms with Crippen LogP contribution in [0, 0.1) is 5.41 Å². The van der Waals surface area contributed by atoms with Crippen molar-refractivity contribution in [2.75, 3.05) is 13.7 Å². The molecule has 0 spiro atoms. The molecule has 0 aromatic heterocycles. The van der Waals surface area contributed by atoms with Gasteiger partial charge in [-0.05, 0) is 33.0 Å². The number of thiocarbonyl (C=S) groups is 1. The maximum Gasteiger partial charge on any atom is 0.357 e. The van der Waals surface area contributed by atoms with Gasteiger partial charge in [0, 0.05) is 20.5 Å². The predicted octanol–water partition coefficient (Wildman–Crippen LogP) is -0.928. The van der Waals surface area contributed by atoms with E-state index in [1.165, 1.54) is 27.0 Å². The molecule has 1 aliphatic carbocycles. The first kappa shape index (κ1) is 38.7. The normalized spacial score (nSPS) is 35.8. The number of allylic oxidation sites excluding steroid dienone is 1. The molecule has 264 valence electrons. The lowest BCUT2D eigenvalue weighted by atomic mass is 9.74. The number of methoxy groups -OCH3 is 1. The number of esters is 2. The minimum atomic E-state index is -3.01. The second-order valence-corrected chi connectivity index (χ2v) is 11.4. The maximum absolute atomic E-state index is 13.1. The van der Waals surface area contributed by atoms with Crippen molar-refractivity contribution in [3.63, 3.8) is 0 Å². The summed E-state index contributed by atoms with van der Waals surface area (Å²) >= 11 is 4.56. The van der Waals surface area contributed by atoms with Crippen LogP contribution in [0.5, 0.6) is 0 Å². The number of ketones is 2. The second kappa shape index (κ2) is 15.2. The van der Waals surface area contributed by atoms with Gasteiger partial charge in [0.1, 0.15) is 54.2 Å². The van der Waals surface area contributed by atoms with Crippen molar-refractivity contribution in [1.29, 1.82) is 5.41 Å². The van der Waals surface area contributed by atoms with E-state index in [0.717, 1.165) is 13.8 Å². The summed E-state index contributed by atoms with van der Waals surface area (Å²) in [5.74, 6) is -7.29. The number of aliphatic carboxylic acids is 1. The van der Waals surface area contributed by atoms with E-state index in [9.17, 15) is 49.5 Å². The lowest BCUT2D eigenvalue weighted by Gasteiger charge is -2.51. The Morgan fingerprint density at radius 2 is 1.83 bits per heavy atom. The highest BCUT2D eigenvalue weighted by Crippen LogP contribution is 2.42. The Balaban J connectivity index is 2.18. The highest BCUT2D eigenvalue weighted by Gasteiger charge is 2.61. The molecular weight excluding hydrogens is 664 g/mol. The van der Waals surface area contributed by atoms with E-state index in [0.29, 0.717) is 0 Å². The molecule has 3 rings (SSSR count). The summed E-state index contributed by atoms with van der Waals surface area (Å²) in [6, 6.07) is 0. The largest absolute Gasteiger partial charge is 0.508 e. The zero-order valence-corrected chi connectivity index (χ0v) is 27.2. The van der Waals surface area contributed by atoms with Gasteiger partial charge in [-0.15, -0.1) is 0 Å². The highest BCUT2D eigenvalue weighted by molar-refractivity contribution is 7.78. The molecular formula is C29H36N2O16S. The smallest absolute Gasteiger partial charge is 0.357 e. The Hall–Kier alpha value is -3.78. The molecule has 48 heavy (non-hydrogen) atoms. The molecule has 2 heterocycles. The van der Waals surface area contributed by atoms with Gasteiger partial charge in [0.15, 0.2) is 40.9 Å². The van der Waals surface area contributed by atoms with Crippen molar-refractivity contribution < 1.29 is 77.9 Å². The van der Waals surface area contributed by atoms with Gasteiger partial charge in [-0.2, -0.15) is 4.99 Å². The Bertz CT molecular complexity index is 1470. The van der Waals surface area contributed by atoms with Gasteiger partial charge >= 0.3 is 17.9 Å². The summed E-state index contributed by atoms with van der Waals surface area (Å²) in [5, 5.41) is 64.8. The molecule has 0 bridgehead atoms. The summed E-state index contributed by atoms with van der Waals surface area (Å²) in [7, 11) is 1.21. The number of hydrogen-bond acceptors (Lipinski definition) is 18. The van der Waals surface area contributed by atoms with Crippen LogP contribution in [0.4, 0.5) is 0 Å². The first-order chi connectivity index (χ1) is 22.4. The van der Waals surface area contributed by atoms with E-state index in [2.05, 4.69) is 17.2 Å². The van der Waals surface area contributed by atoms with Gasteiger partial charge < -0.3 is 54.0 Å². The van der Waals surface area contributed by atoms with E-state index in [1.54, 1.807) is 0 Å². The lowest BCUT2D eigenvalue weighted by molar-refractivity contribution is -0.333. The quantitative estimate of drug-likeness (QED) is 0.0657. The van der Waals surface area contributed by atoms with Crippen LogP contribution in [0.2, 0.25) is 0 Å². The van der Waals surface area contributed by atoms with E-state index in [-0.39, 0.29) is 12.1 Å². The van der Waals surface area contributed by atoms with Crippen LogP contribution in [0.1, 0.15) is 40.5 Å². The number of Topliss-reactive ketones (excluding diaryl/α,β-unsaturated/α-hetero) is 2. The molecule has 0 aromatic carbocycles. The fourth-order valence-corrected chi connectivity index (χ4v) is 5.90. The van der Waals surface area contributed by atoms with Crippen molar-refractivity contribution in [1.82, 2.24) is 0 Å². The van der Waals surface area contributed by atoms with Crippen LogP contribution in [-0.4, -0.2) is 140 Å². The van der Waals surface area contributed by atoms with E-state index < -0.39 is 120 Å². The van der Waals surface area contributed by atoms with Crippen LogP contribution in [0.15, 0.2) is 28.1 Å². The molecule has 0 aromatic rings. The van der Waals surface area contributed by atoms with E-state index in [4.69, 9.17) is 33.8 Å². The van der Waals surface area contributed by atoms with Gasteiger partial charge in [0.2, 0.25) is 0 Å². The Morgan fingerprint density at radius 3 is 2.35 bits per heavy atom. The number of carboxylic acids is 1. The summed E-state index contributed by atoms with van der Waals surface area (Å²) in [4.78, 5) is 65.5. The standard InChI is InChI=1S/C29H36N2O16S/c1-6-14(31-10-48)27(39)47-22-16(9-43-13(4)33)45-25(28(40)8-15(34)20(30)19(24(28)36)26(37)38)21(35)23(22)46-18-7-17(42-5)29(41,11(2)32)12(3)44-18/h6,12,16-18,21-23,25,30,35-36,40-41H,7-9H2,1-5H3,(H,37,38)/b14-6+,30-20?/t12?,16?,17?,18?,21?,22?,23?,25-,28+,29?/m0/s1. The third kappa shape index (κ3) is 7.29. The van der Waals surface area contributed by atoms with Gasteiger partial charge in [0.25, 0.3) is 0 Å². The van der Waals surface area contributed by atoms with Crippen LogP contribution < -0.4 is 0 Å². The highest BCUT2D eigenvalue weighted by atomic mass is 32.1. The van der Waals surface area contributed by atoms with Gasteiger partial charge in [0.05, 0.1) is 17.7 Å². The van der Waals surface area contributed by atoms with Crippen LogP contribution in [0.25, 0.3) is 0 Å². The zero-order chi connectivity index (χ0) is 36.3. The minimum absolute atomic E-state index is 0.357. The molecule has 3 aliphatic rings. The van der Waals surface area contributed by atoms with Gasteiger partial charge in [-0.3, -0.25) is 19.8 Å². The first-order valence-corrected chi connectivity index (χ1v) is 14.8. The van der Waals surface area contributed by atoms with Gasteiger partial charge in [-0.25, -0.2) is 9.59 Å². The van der Waals surface area contributed by atoms with Crippen molar-refractivity contribution >= 4 is 52.6 Å². The number of nitrogens with one attached hydrogen (secondary N) is 1. The number of isothiocyanates is 1. The number of carboxylic acid groups (broad SMARTS) is 1. The Labute approximate surface area is 278 Å². The lowest BCUT2D eigenvalue weighted by Crippen LogP contribution is -2.69. The molecule has 2 saturated heterocycles. The van der Waals surface area contributed by atoms with Crippen LogP contribution >= 0.6 is 12.2 Å². The van der Waals surface area contributed by atoms with E-state index in [1.807, 2.05) is 5.16 Å². The van der Waals surface area contributed by atoms with Crippen LogP contribution in [-0.2, 0) is 52.4 Å². The van der Waals surface area contributed by atoms with E-state index >= 15 is 0 Å². The van der Waals surface area contributed by atoms with Crippen molar-refractivity contribution in [2.45, 2.75) is 101 Å². The monoisotopic (exact) mass is 700 g/mol. The molecule has 0 radical (unpaired) electrons. The molecule has 0 amide bonds. The molecule has 0 saturated carbocycles. The molecule has 6 N–H and O–H groups in total. The number of ether oxygens (including phenoxy) is 6. The fraction of sp³-hybridized carbons (Fsp3) is 0.621. The summed E-state index contributed by atoms with van der Waals surface area (Å²) < 4.78 is 33.6.